The highest BCUT2D eigenvalue weighted by Gasteiger charge is 2.07. The van der Waals surface area contributed by atoms with Gasteiger partial charge in [0.25, 0.3) is 0 Å². The number of unbranched alkanes of at least 4 members (excludes halogenated alkanes) is 1. The Morgan fingerprint density at radius 1 is 1.35 bits per heavy atom. The molecule has 17 heavy (non-hydrogen) atoms. The predicted molar refractivity (Wildman–Crippen MR) is 68.3 cm³/mol. The van der Waals surface area contributed by atoms with E-state index in [4.69, 9.17) is 10.8 Å². The van der Waals surface area contributed by atoms with E-state index >= 15 is 0 Å². The molecule has 5 heteroatoms. The van der Waals surface area contributed by atoms with Gasteiger partial charge in [0.05, 0.1) is 6.54 Å². The van der Waals surface area contributed by atoms with Crippen molar-refractivity contribution in [3.63, 3.8) is 0 Å². The van der Waals surface area contributed by atoms with Crippen LogP contribution in [0.2, 0.25) is 0 Å². The first-order valence-electron chi connectivity index (χ1n) is 6.17. The number of aromatic nitrogens is 2. The van der Waals surface area contributed by atoms with Gasteiger partial charge in [-0.05, 0) is 25.5 Å². The van der Waals surface area contributed by atoms with Crippen LogP contribution in [0, 0.1) is 0 Å². The van der Waals surface area contributed by atoms with Crippen LogP contribution in [-0.4, -0.2) is 39.7 Å². The molecule has 1 rings (SSSR count). The van der Waals surface area contributed by atoms with Gasteiger partial charge in [-0.1, -0.05) is 13.3 Å². The van der Waals surface area contributed by atoms with E-state index in [1.807, 2.05) is 0 Å². The third-order valence-corrected chi connectivity index (χ3v) is 2.55. The normalized spacial score (nSPS) is 11.0. The molecule has 5 nitrogen and oxygen atoms in total. The maximum atomic E-state index is 8.87. The van der Waals surface area contributed by atoms with E-state index in [9.17, 15) is 0 Å². The molecule has 0 saturated heterocycles. The Bertz CT molecular complexity index is 311. The Morgan fingerprint density at radius 3 is 2.76 bits per heavy atom. The van der Waals surface area contributed by atoms with Crippen LogP contribution < -0.4 is 5.73 Å². The van der Waals surface area contributed by atoms with Crippen molar-refractivity contribution in [3.8, 4) is 0 Å². The monoisotopic (exact) mass is 238 g/mol. The van der Waals surface area contributed by atoms with E-state index in [1.54, 1.807) is 12.3 Å². The molecule has 0 bridgehead atoms. The second-order valence-corrected chi connectivity index (χ2v) is 4.10. The Hall–Kier alpha value is -1.20. The third kappa shape index (κ3) is 5.60. The molecule has 1 aromatic heterocycles. The van der Waals surface area contributed by atoms with Crippen molar-refractivity contribution < 1.29 is 5.11 Å². The summed E-state index contributed by atoms with van der Waals surface area (Å²) in [6.45, 7) is 4.97. The first-order chi connectivity index (χ1) is 8.26. The average Bonchev–Trinajstić information content (AvgIpc) is 2.32. The minimum atomic E-state index is 0.223. The predicted octanol–water partition coefficient (Wildman–Crippen LogP) is 1.04. The van der Waals surface area contributed by atoms with Gasteiger partial charge < -0.3 is 10.8 Å². The summed E-state index contributed by atoms with van der Waals surface area (Å²) in [6.07, 6.45) is 4.77. The van der Waals surface area contributed by atoms with Crippen molar-refractivity contribution >= 4 is 5.82 Å². The molecule has 0 aliphatic heterocycles. The van der Waals surface area contributed by atoms with Crippen LogP contribution in [0.15, 0.2) is 12.3 Å². The summed E-state index contributed by atoms with van der Waals surface area (Å²) >= 11 is 0. The lowest BCUT2D eigenvalue weighted by molar-refractivity contribution is 0.213. The molecule has 0 aromatic carbocycles. The van der Waals surface area contributed by atoms with Crippen molar-refractivity contribution in [1.82, 2.24) is 14.9 Å². The first-order valence-corrected chi connectivity index (χ1v) is 6.17. The minimum absolute atomic E-state index is 0.223. The van der Waals surface area contributed by atoms with Gasteiger partial charge in [-0.25, -0.2) is 9.97 Å². The number of hydrogen-bond donors (Lipinski definition) is 2. The summed E-state index contributed by atoms with van der Waals surface area (Å²) in [5, 5.41) is 8.87. The number of nitrogens with two attached hydrogens (primary N) is 1. The molecule has 0 spiro atoms. The maximum absolute atomic E-state index is 8.87. The Balaban J connectivity index is 2.51. The number of anilines is 1. The fourth-order valence-electron chi connectivity index (χ4n) is 1.64. The van der Waals surface area contributed by atoms with E-state index in [1.165, 1.54) is 0 Å². The molecular weight excluding hydrogens is 216 g/mol. The van der Waals surface area contributed by atoms with Crippen LogP contribution in [0.25, 0.3) is 0 Å². The van der Waals surface area contributed by atoms with Crippen molar-refractivity contribution in [1.29, 1.82) is 0 Å². The van der Waals surface area contributed by atoms with E-state index in [0.717, 1.165) is 38.2 Å². The summed E-state index contributed by atoms with van der Waals surface area (Å²) in [4.78, 5) is 10.7. The zero-order valence-electron chi connectivity index (χ0n) is 10.5. The van der Waals surface area contributed by atoms with E-state index in [-0.39, 0.29) is 6.61 Å². The smallest absolute Gasteiger partial charge is 0.144 e. The van der Waals surface area contributed by atoms with E-state index in [0.29, 0.717) is 12.4 Å². The Morgan fingerprint density at radius 2 is 2.12 bits per heavy atom. The van der Waals surface area contributed by atoms with Gasteiger partial charge in [0.2, 0.25) is 0 Å². The third-order valence-electron chi connectivity index (χ3n) is 2.55. The summed E-state index contributed by atoms with van der Waals surface area (Å²) in [5.41, 5.74) is 5.62. The zero-order chi connectivity index (χ0) is 12.5. The minimum Gasteiger partial charge on any atom is -0.396 e. The van der Waals surface area contributed by atoms with Crippen LogP contribution >= 0.6 is 0 Å². The molecule has 0 aliphatic carbocycles. The molecular formula is C12H22N4O. The summed E-state index contributed by atoms with van der Waals surface area (Å²) in [7, 11) is 0. The van der Waals surface area contributed by atoms with Gasteiger partial charge in [-0.15, -0.1) is 0 Å². The highest BCUT2D eigenvalue weighted by atomic mass is 16.3. The summed E-state index contributed by atoms with van der Waals surface area (Å²) in [6, 6.07) is 1.69. The van der Waals surface area contributed by atoms with Crippen LogP contribution in [0.1, 0.15) is 32.0 Å². The van der Waals surface area contributed by atoms with E-state index < -0.39 is 0 Å². The molecule has 0 fully saturated rings. The lowest BCUT2D eigenvalue weighted by Crippen LogP contribution is -2.27. The number of nitrogen functional groups attached to an aromatic ring is 1. The van der Waals surface area contributed by atoms with Crippen molar-refractivity contribution in [2.24, 2.45) is 0 Å². The Labute approximate surface area is 103 Å². The number of hydrogen-bond acceptors (Lipinski definition) is 5. The van der Waals surface area contributed by atoms with Crippen LogP contribution in [0.3, 0.4) is 0 Å². The fourth-order valence-corrected chi connectivity index (χ4v) is 1.64. The second-order valence-electron chi connectivity index (χ2n) is 4.10. The zero-order valence-corrected chi connectivity index (χ0v) is 10.5. The molecule has 0 amide bonds. The quantitative estimate of drug-likeness (QED) is 0.708. The Kier molecular flexibility index (Phi) is 6.50. The maximum Gasteiger partial charge on any atom is 0.144 e. The molecule has 1 aromatic rings. The second kappa shape index (κ2) is 7.97. The van der Waals surface area contributed by atoms with Crippen LogP contribution in [0.4, 0.5) is 5.82 Å². The lowest BCUT2D eigenvalue weighted by Gasteiger charge is -2.20. The molecule has 0 saturated carbocycles. The van der Waals surface area contributed by atoms with Crippen LogP contribution in [0.5, 0.6) is 0 Å². The van der Waals surface area contributed by atoms with Gasteiger partial charge in [0.15, 0.2) is 0 Å². The molecule has 1 heterocycles. The molecule has 3 N–H and O–H groups in total. The largest absolute Gasteiger partial charge is 0.396 e. The number of aliphatic hydroxyl groups is 1. The average molecular weight is 238 g/mol. The van der Waals surface area contributed by atoms with Crippen molar-refractivity contribution in [2.75, 3.05) is 25.4 Å². The van der Waals surface area contributed by atoms with Crippen LogP contribution in [-0.2, 0) is 6.54 Å². The molecule has 0 aliphatic rings. The molecule has 96 valence electrons. The van der Waals surface area contributed by atoms with Crippen molar-refractivity contribution in [2.45, 2.75) is 32.7 Å². The number of aliphatic hydroxyl groups excluding tert-OH is 1. The molecule has 0 radical (unpaired) electrons. The SMILES string of the molecule is CCCCN(CCCO)Cc1nccc(N)n1. The molecule has 0 atom stereocenters. The summed E-state index contributed by atoms with van der Waals surface area (Å²) < 4.78 is 0. The van der Waals surface area contributed by atoms with Gasteiger partial charge in [-0.2, -0.15) is 0 Å². The molecule has 0 unspecified atom stereocenters. The van der Waals surface area contributed by atoms with Gasteiger partial charge in [0.1, 0.15) is 11.6 Å². The van der Waals surface area contributed by atoms with E-state index in [2.05, 4.69) is 21.8 Å². The number of nitrogens with zero attached hydrogens (tertiary/aromatic N) is 3. The first kappa shape index (κ1) is 13.9. The highest BCUT2D eigenvalue weighted by Crippen LogP contribution is 2.04. The van der Waals surface area contributed by atoms with Crippen molar-refractivity contribution in [3.05, 3.63) is 18.1 Å². The summed E-state index contributed by atoms with van der Waals surface area (Å²) in [5.74, 6) is 1.26. The lowest BCUT2D eigenvalue weighted by atomic mass is 10.3. The fraction of sp³-hybridized carbons (Fsp3) is 0.667. The number of rotatable bonds is 8. The topological polar surface area (TPSA) is 75.3 Å². The van der Waals surface area contributed by atoms with Gasteiger partial charge in [-0.3, -0.25) is 4.90 Å². The standard InChI is InChI=1S/C12H22N4O/c1-2-3-7-16(8-4-9-17)10-12-14-6-5-11(13)15-12/h5-6,17H,2-4,7-10H2,1H3,(H2,13,14,15). The highest BCUT2D eigenvalue weighted by molar-refractivity contribution is 5.24. The van der Waals surface area contributed by atoms with Gasteiger partial charge in [0, 0.05) is 19.3 Å². The van der Waals surface area contributed by atoms with Gasteiger partial charge >= 0.3 is 0 Å².